The van der Waals surface area contributed by atoms with Gasteiger partial charge in [0.05, 0.1) is 0 Å². The van der Waals surface area contributed by atoms with Gasteiger partial charge in [0, 0.05) is 6.42 Å². The minimum Gasteiger partial charge on any atom is -0.300 e. The molecule has 0 radical (unpaired) electrons. The van der Waals surface area contributed by atoms with Crippen molar-refractivity contribution in [3.8, 4) is 0 Å². The molecule has 1 aromatic carbocycles. The van der Waals surface area contributed by atoms with Crippen LogP contribution in [0.15, 0.2) is 36.4 Å². The summed E-state index contributed by atoms with van der Waals surface area (Å²) in [4.78, 5) is 11.0. The average molecular weight is 188 g/mol. The van der Waals surface area contributed by atoms with E-state index in [-0.39, 0.29) is 5.78 Å². The second-order valence-corrected chi connectivity index (χ2v) is 3.78. The average Bonchev–Trinajstić information content (AvgIpc) is 2.06. The lowest BCUT2D eigenvalue weighted by Gasteiger charge is -2.07. The van der Waals surface area contributed by atoms with Gasteiger partial charge in [0.1, 0.15) is 5.78 Å². The van der Waals surface area contributed by atoms with Crippen LogP contribution in [0.1, 0.15) is 25.0 Å². The molecule has 0 spiro atoms. The van der Waals surface area contributed by atoms with E-state index in [0.29, 0.717) is 6.42 Å². The van der Waals surface area contributed by atoms with Crippen molar-refractivity contribution in [2.24, 2.45) is 0 Å². The molecule has 1 heteroatoms. The highest BCUT2D eigenvalue weighted by Crippen LogP contribution is 2.13. The van der Waals surface area contributed by atoms with Crippen molar-refractivity contribution in [2.45, 2.75) is 26.7 Å². The Morgan fingerprint density at radius 1 is 1.14 bits per heavy atom. The molecule has 1 rings (SSSR count). The first-order valence-corrected chi connectivity index (χ1v) is 4.80. The van der Waals surface area contributed by atoms with Crippen molar-refractivity contribution in [1.29, 1.82) is 0 Å². The maximum absolute atomic E-state index is 11.0. The minimum absolute atomic E-state index is 0.208. The molecule has 0 atom stereocenters. The van der Waals surface area contributed by atoms with E-state index in [0.717, 1.165) is 17.6 Å². The van der Waals surface area contributed by atoms with Crippen LogP contribution in [-0.4, -0.2) is 5.78 Å². The zero-order valence-corrected chi connectivity index (χ0v) is 8.84. The van der Waals surface area contributed by atoms with Crippen LogP contribution in [0.5, 0.6) is 0 Å². The summed E-state index contributed by atoms with van der Waals surface area (Å²) in [6, 6.07) is 8.05. The quantitative estimate of drug-likeness (QED) is 0.664. The van der Waals surface area contributed by atoms with E-state index < -0.39 is 0 Å². The summed E-state index contributed by atoms with van der Waals surface area (Å²) in [5.74, 6) is 0.208. The van der Waals surface area contributed by atoms with E-state index in [1.54, 1.807) is 6.92 Å². The van der Waals surface area contributed by atoms with Crippen LogP contribution in [-0.2, 0) is 17.6 Å². The highest BCUT2D eigenvalue weighted by atomic mass is 16.1. The van der Waals surface area contributed by atoms with Crippen molar-refractivity contribution in [3.05, 3.63) is 47.5 Å². The molecule has 0 aromatic heterocycles. The first-order chi connectivity index (χ1) is 6.59. The Balaban J connectivity index is 2.90. The number of allylic oxidation sites excluding steroid dienone is 1. The van der Waals surface area contributed by atoms with Crippen molar-refractivity contribution >= 4 is 5.78 Å². The second-order valence-electron chi connectivity index (χ2n) is 3.78. The molecule has 0 saturated carbocycles. The zero-order chi connectivity index (χ0) is 10.6. The van der Waals surface area contributed by atoms with Crippen LogP contribution in [0.25, 0.3) is 0 Å². The highest BCUT2D eigenvalue weighted by Gasteiger charge is 2.03. The predicted octanol–water partition coefficient (Wildman–Crippen LogP) is 2.94. The summed E-state index contributed by atoms with van der Waals surface area (Å²) in [5.41, 5.74) is 3.47. The SMILES string of the molecule is C=C(C)Cc1ccccc1CC(C)=O. The third kappa shape index (κ3) is 3.17. The van der Waals surface area contributed by atoms with Gasteiger partial charge in [0.2, 0.25) is 0 Å². The van der Waals surface area contributed by atoms with Crippen molar-refractivity contribution in [1.82, 2.24) is 0 Å². The maximum atomic E-state index is 11.0. The molecule has 0 saturated heterocycles. The maximum Gasteiger partial charge on any atom is 0.134 e. The molecule has 1 aromatic rings. The molecule has 0 fully saturated rings. The molecule has 0 aliphatic carbocycles. The van der Waals surface area contributed by atoms with Gasteiger partial charge in [-0.2, -0.15) is 0 Å². The smallest absolute Gasteiger partial charge is 0.134 e. The third-order valence-corrected chi connectivity index (χ3v) is 2.05. The number of rotatable bonds is 4. The van der Waals surface area contributed by atoms with Gasteiger partial charge in [-0.15, -0.1) is 0 Å². The fourth-order valence-electron chi connectivity index (χ4n) is 1.50. The first kappa shape index (κ1) is 10.7. The van der Waals surface area contributed by atoms with Crippen molar-refractivity contribution in [2.75, 3.05) is 0 Å². The number of benzene rings is 1. The van der Waals surface area contributed by atoms with Crippen LogP contribution in [0.3, 0.4) is 0 Å². The Kier molecular flexibility index (Phi) is 3.63. The number of ketones is 1. The lowest BCUT2D eigenvalue weighted by Crippen LogP contribution is -2.01. The summed E-state index contributed by atoms with van der Waals surface area (Å²) < 4.78 is 0. The molecule has 0 amide bonds. The molecule has 0 aliphatic rings. The summed E-state index contributed by atoms with van der Waals surface area (Å²) in [6.45, 7) is 7.51. The van der Waals surface area contributed by atoms with E-state index in [1.165, 1.54) is 5.56 Å². The number of hydrogen-bond acceptors (Lipinski definition) is 1. The fourth-order valence-corrected chi connectivity index (χ4v) is 1.50. The number of Topliss-reactive ketones (excluding diaryl/α,β-unsaturated/α-hetero) is 1. The molecule has 0 aliphatic heterocycles. The van der Waals surface area contributed by atoms with Gasteiger partial charge in [-0.3, -0.25) is 4.79 Å². The molecule has 0 unspecified atom stereocenters. The number of carbonyl (C=O) groups is 1. The van der Waals surface area contributed by atoms with Gasteiger partial charge in [0.25, 0.3) is 0 Å². The van der Waals surface area contributed by atoms with Crippen LogP contribution in [0, 0.1) is 0 Å². The van der Waals surface area contributed by atoms with Gasteiger partial charge in [-0.25, -0.2) is 0 Å². The molecule has 0 bridgehead atoms. The highest BCUT2D eigenvalue weighted by molar-refractivity contribution is 5.78. The second kappa shape index (κ2) is 4.75. The van der Waals surface area contributed by atoms with E-state index in [4.69, 9.17) is 0 Å². The zero-order valence-electron chi connectivity index (χ0n) is 8.84. The van der Waals surface area contributed by atoms with Crippen LogP contribution >= 0.6 is 0 Å². The standard InChI is InChI=1S/C13H16O/c1-10(2)8-12-6-4-5-7-13(12)9-11(3)14/h4-7H,1,8-9H2,2-3H3. The van der Waals surface area contributed by atoms with E-state index >= 15 is 0 Å². The topological polar surface area (TPSA) is 17.1 Å². The molecular formula is C13H16O. The van der Waals surface area contributed by atoms with Gasteiger partial charge < -0.3 is 0 Å². The molecule has 74 valence electrons. The van der Waals surface area contributed by atoms with Crippen molar-refractivity contribution in [3.63, 3.8) is 0 Å². The van der Waals surface area contributed by atoms with Crippen LogP contribution in [0.4, 0.5) is 0 Å². The molecule has 0 heterocycles. The van der Waals surface area contributed by atoms with E-state index in [1.807, 2.05) is 25.1 Å². The fraction of sp³-hybridized carbons (Fsp3) is 0.308. The lowest BCUT2D eigenvalue weighted by atomic mass is 9.98. The molecular weight excluding hydrogens is 172 g/mol. The summed E-state index contributed by atoms with van der Waals surface area (Å²) >= 11 is 0. The largest absolute Gasteiger partial charge is 0.300 e. The lowest BCUT2D eigenvalue weighted by molar-refractivity contribution is -0.116. The molecule has 1 nitrogen and oxygen atoms in total. The monoisotopic (exact) mass is 188 g/mol. The normalized spacial score (nSPS) is 9.86. The molecule has 14 heavy (non-hydrogen) atoms. The molecule has 0 N–H and O–H groups in total. The van der Waals surface area contributed by atoms with Gasteiger partial charge in [0.15, 0.2) is 0 Å². The van der Waals surface area contributed by atoms with E-state index in [2.05, 4.69) is 12.6 Å². The summed E-state index contributed by atoms with van der Waals surface area (Å²) in [5, 5.41) is 0. The third-order valence-electron chi connectivity index (χ3n) is 2.05. The first-order valence-electron chi connectivity index (χ1n) is 4.80. The van der Waals surface area contributed by atoms with E-state index in [9.17, 15) is 4.79 Å². The predicted molar refractivity (Wildman–Crippen MR) is 59.3 cm³/mol. The van der Waals surface area contributed by atoms with Crippen LogP contribution < -0.4 is 0 Å². The summed E-state index contributed by atoms with van der Waals surface area (Å²) in [7, 11) is 0. The Morgan fingerprint density at radius 2 is 1.64 bits per heavy atom. The van der Waals surface area contributed by atoms with Gasteiger partial charge in [-0.05, 0) is 31.4 Å². The minimum atomic E-state index is 0.208. The number of carbonyl (C=O) groups excluding carboxylic acids is 1. The Labute approximate surface area is 85.5 Å². The van der Waals surface area contributed by atoms with Crippen LogP contribution in [0.2, 0.25) is 0 Å². The Bertz CT molecular complexity index is 315. The van der Waals surface area contributed by atoms with Gasteiger partial charge >= 0.3 is 0 Å². The summed E-state index contributed by atoms with van der Waals surface area (Å²) in [6.07, 6.45) is 1.40. The Hall–Kier alpha value is -1.37. The van der Waals surface area contributed by atoms with Gasteiger partial charge in [-0.1, -0.05) is 36.4 Å². The van der Waals surface area contributed by atoms with Crippen molar-refractivity contribution < 1.29 is 4.79 Å². The number of hydrogen-bond donors (Lipinski definition) is 0. The Morgan fingerprint density at radius 3 is 2.07 bits per heavy atom.